The fraction of sp³-hybridized carbons (Fsp3) is 0.353. The van der Waals surface area contributed by atoms with Gasteiger partial charge in [-0.3, -0.25) is 0 Å². The van der Waals surface area contributed by atoms with E-state index >= 15 is 0 Å². The highest BCUT2D eigenvalue weighted by molar-refractivity contribution is 5.17. The summed E-state index contributed by atoms with van der Waals surface area (Å²) in [7, 11) is 0. The van der Waals surface area contributed by atoms with E-state index in [9.17, 15) is 0 Å². The van der Waals surface area contributed by atoms with Crippen LogP contribution in [0.1, 0.15) is 32.3 Å². The van der Waals surface area contributed by atoms with E-state index in [2.05, 4.69) is 36.9 Å². The number of hydrogen-bond acceptors (Lipinski definition) is 1. The lowest BCUT2D eigenvalue weighted by atomic mass is 10.2. The van der Waals surface area contributed by atoms with Gasteiger partial charge < -0.3 is 4.74 Å². The van der Waals surface area contributed by atoms with Gasteiger partial charge in [-0.1, -0.05) is 49.4 Å². The van der Waals surface area contributed by atoms with Crippen molar-refractivity contribution < 1.29 is 4.74 Å². The first-order valence-electron chi connectivity index (χ1n) is 6.55. The Bertz CT molecular complexity index is 408. The molecule has 18 heavy (non-hydrogen) atoms. The van der Waals surface area contributed by atoms with Crippen molar-refractivity contribution in [3.63, 3.8) is 0 Å². The second-order valence-corrected chi connectivity index (χ2v) is 4.04. The molecule has 0 saturated heterocycles. The average Bonchev–Trinajstić information content (AvgIpc) is 2.42. The van der Waals surface area contributed by atoms with Crippen molar-refractivity contribution >= 4 is 0 Å². The molecule has 0 radical (unpaired) electrons. The van der Waals surface area contributed by atoms with Gasteiger partial charge in [-0.2, -0.15) is 0 Å². The van der Waals surface area contributed by atoms with Crippen LogP contribution in [0.4, 0.5) is 0 Å². The van der Waals surface area contributed by atoms with E-state index in [0.29, 0.717) is 6.61 Å². The van der Waals surface area contributed by atoms with Crippen molar-refractivity contribution in [2.24, 2.45) is 0 Å². The fourth-order valence-electron chi connectivity index (χ4n) is 1.59. The second kappa shape index (κ2) is 9.47. The first kappa shape index (κ1) is 14.5. The normalized spacial score (nSPS) is 10.3. The van der Waals surface area contributed by atoms with E-state index in [-0.39, 0.29) is 0 Å². The molecular weight excluding hydrogens is 220 g/mol. The maximum atomic E-state index is 5.61. The third-order valence-electron chi connectivity index (χ3n) is 2.57. The highest BCUT2D eigenvalue weighted by atomic mass is 16.5. The lowest BCUT2D eigenvalue weighted by Gasteiger charge is -2.02. The number of ether oxygens (including phenoxy) is 1. The van der Waals surface area contributed by atoms with Crippen molar-refractivity contribution in [1.29, 1.82) is 0 Å². The molecule has 0 aromatic heterocycles. The lowest BCUT2D eigenvalue weighted by Crippen LogP contribution is -1.93. The van der Waals surface area contributed by atoms with Gasteiger partial charge in [0.15, 0.2) is 0 Å². The summed E-state index contributed by atoms with van der Waals surface area (Å²) in [6, 6.07) is 10.3. The average molecular weight is 242 g/mol. The van der Waals surface area contributed by atoms with Gasteiger partial charge in [0.2, 0.25) is 0 Å². The second-order valence-electron chi connectivity index (χ2n) is 4.04. The van der Waals surface area contributed by atoms with Crippen LogP contribution in [0, 0.1) is 0 Å². The Morgan fingerprint density at radius 3 is 2.72 bits per heavy atom. The minimum atomic E-state index is 0.694. The Hall–Kier alpha value is -1.56. The molecule has 0 fully saturated rings. The molecule has 0 heterocycles. The molecule has 0 bridgehead atoms. The van der Waals surface area contributed by atoms with Crippen LogP contribution in [-0.4, -0.2) is 6.61 Å². The maximum absolute atomic E-state index is 5.61. The number of rotatable bonds is 7. The van der Waals surface area contributed by atoms with E-state index in [1.807, 2.05) is 31.2 Å². The SMILES string of the molecule is CC=C=C(/C=C/CCOCc1ccccc1)CC. The molecule has 1 heteroatoms. The van der Waals surface area contributed by atoms with Gasteiger partial charge in [0, 0.05) is 0 Å². The van der Waals surface area contributed by atoms with Crippen LogP contribution >= 0.6 is 0 Å². The third-order valence-corrected chi connectivity index (χ3v) is 2.57. The first-order valence-corrected chi connectivity index (χ1v) is 6.55. The van der Waals surface area contributed by atoms with Crippen LogP contribution < -0.4 is 0 Å². The third kappa shape index (κ3) is 6.24. The molecule has 0 aliphatic heterocycles. The topological polar surface area (TPSA) is 9.23 Å². The van der Waals surface area contributed by atoms with Crippen LogP contribution in [0.2, 0.25) is 0 Å². The van der Waals surface area contributed by atoms with E-state index in [1.165, 1.54) is 11.1 Å². The van der Waals surface area contributed by atoms with Gasteiger partial charge in [0.05, 0.1) is 13.2 Å². The van der Waals surface area contributed by atoms with E-state index in [4.69, 9.17) is 4.74 Å². The van der Waals surface area contributed by atoms with Crippen molar-refractivity contribution in [2.75, 3.05) is 6.61 Å². The number of hydrogen-bond donors (Lipinski definition) is 0. The monoisotopic (exact) mass is 242 g/mol. The Kier molecular flexibility index (Phi) is 7.63. The number of allylic oxidation sites excluding steroid dienone is 2. The summed E-state index contributed by atoms with van der Waals surface area (Å²) >= 11 is 0. The molecule has 0 aliphatic rings. The molecule has 0 N–H and O–H groups in total. The minimum absolute atomic E-state index is 0.694. The van der Waals surface area contributed by atoms with Crippen LogP contribution in [-0.2, 0) is 11.3 Å². The molecular formula is C17H22O. The predicted octanol–water partition coefficient (Wildman–Crippen LogP) is 4.66. The zero-order valence-corrected chi connectivity index (χ0v) is 11.4. The van der Waals surface area contributed by atoms with Crippen molar-refractivity contribution in [1.82, 2.24) is 0 Å². The quantitative estimate of drug-likeness (QED) is 0.384. The molecule has 0 saturated carbocycles. The molecule has 1 nitrogen and oxygen atoms in total. The molecule has 0 unspecified atom stereocenters. The van der Waals surface area contributed by atoms with Crippen molar-refractivity contribution in [2.45, 2.75) is 33.3 Å². The van der Waals surface area contributed by atoms with Gasteiger partial charge in [0.25, 0.3) is 0 Å². The van der Waals surface area contributed by atoms with E-state index in [0.717, 1.165) is 19.4 Å². The van der Waals surface area contributed by atoms with Gasteiger partial charge in [-0.05, 0) is 37.0 Å². The van der Waals surface area contributed by atoms with Gasteiger partial charge in [-0.25, -0.2) is 0 Å². The maximum Gasteiger partial charge on any atom is 0.0717 e. The molecule has 1 rings (SSSR count). The molecule has 96 valence electrons. The Labute approximate surface area is 110 Å². The van der Waals surface area contributed by atoms with Crippen LogP contribution in [0.5, 0.6) is 0 Å². The molecule has 1 aromatic rings. The highest BCUT2D eigenvalue weighted by Crippen LogP contribution is 2.03. The summed E-state index contributed by atoms with van der Waals surface area (Å²) < 4.78 is 5.61. The zero-order valence-electron chi connectivity index (χ0n) is 11.4. The Morgan fingerprint density at radius 2 is 2.06 bits per heavy atom. The lowest BCUT2D eigenvalue weighted by molar-refractivity contribution is 0.125. The van der Waals surface area contributed by atoms with Crippen LogP contribution in [0.25, 0.3) is 0 Å². The molecule has 0 amide bonds. The van der Waals surface area contributed by atoms with E-state index in [1.54, 1.807) is 0 Å². The predicted molar refractivity (Wildman–Crippen MR) is 77.4 cm³/mol. The summed E-state index contributed by atoms with van der Waals surface area (Å²) in [5.41, 5.74) is 5.68. The first-order chi connectivity index (χ1) is 8.86. The number of benzene rings is 1. The van der Waals surface area contributed by atoms with Gasteiger partial charge in [0.1, 0.15) is 0 Å². The zero-order chi connectivity index (χ0) is 13.1. The highest BCUT2D eigenvalue weighted by Gasteiger charge is 1.90. The van der Waals surface area contributed by atoms with Crippen molar-refractivity contribution in [3.8, 4) is 0 Å². The smallest absolute Gasteiger partial charge is 0.0717 e. The minimum Gasteiger partial charge on any atom is -0.376 e. The summed E-state index contributed by atoms with van der Waals surface area (Å²) in [5, 5.41) is 0. The Balaban J connectivity index is 2.19. The summed E-state index contributed by atoms with van der Waals surface area (Å²) in [6.07, 6.45) is 8.20. The molecule has 1 aromatic carbocycles. The van der Waals surface area contributed by atoms with Crippen molar-refractivity contribution in [3.05, 3.63) is 65.4 Å². The summed E-state index contributed by atoms with van der Waals surface area (Å²) in [5.74, 6) is 0. The summed E-state index contributed by atoms with van der Waals surface area (Å²) in [6.45, 7) is 5.59. The fourth-order valence-corrected chi connectivity index (χ4v) is 1.59. The molecule has 0 spiro atoms. The Morgan fingerprint density at radius 1 is 1.28 bits per heavy atom. The summed E-state index contributed by atoms with van der Waals surface area (Å²) in [4.78, 5) is 0. The van der Waals surface area contributed by atoms with Crippen LogP contribution in [0.15, 0.2) is 59.9 Å². The molecule has 0 aliphatic carbocycles. The standard InChI is InChI=1S/C17H22O/c1-3-10-16(4-2)11-8-9-14-18-15-17-12-6-5-7-13-17/h3,5-8,11-13H,4,9,14-15H2,1-2H3/b11-8+. The molecule has 0 atom stereocenters. The largest absolute Gasteiger partial charge is 0.376 e. The van der Waals surface area contributed by atoms with E-state index < -0.39 is 0 Å². The van der Waals surface area contributed by atoms with Gasteiger partial charge in [-0.15, -0.1) is 5.73 Å². The van der Waals surface area contributed by atoms with Gasteiger partial charge >= 0.3 is 0 Å². The van der Waals surface area contributed by atoms with Crippen LogP contribution in [0.3, 0.4) is 0 Å².